The molecule has 0 N–H and O–H groups in total. The second kappa shape index (κ2) is 5.63. The van der Waals surface area contributed by atoms with Crippen LogP contribution in [0, 0.1) is 5.92 Å². The Hall–Kier alpha value is -0.193. The topological polar surface area (TPSA) is 29.5 Å². The second-order valence-corrected chi connectivity index (χ2v) is 9.46. The fourth-order valence-corrected chi connectivity index (χ4v) is 2.66. The van der Waals surface area contributed by atoms with E-state index in [4.69, 9.17) is 4.43 Å². The third kappa shape index (κ3) is 6.29. The fourth-order valence-electron chi connectivity index (χ4n) is 1.37. The van der Waals surface area contributed by atoms with E-state index in [1.165, 1.54) is 0 Å². The Morgan fingerprint density at radius 2 is 1.86 bits per heavy atom. The van der Waals surface area contributed by atoms with Gasteiger partial charge in [0.1, 0.15) is 6.29 Å². The highest BCUT2D eigenvalue weighted by molar-refractivity contribution is 6.69. The first-order chi connectivity index (χ1) is 6.26. The summed E-state index contributed by atoms with van der Waals surface area (Å²) in [5, 5.41) is 0. The average molecular weight is 217 g/mol. The third-order valence-electron chi connectivity index (χ3n) is 1.89. The zero-order valence-electron chi connectivity index (χ0n) is 10.2. The summed E-state index contributed by atoms with van der Waals surface area (Å²) >= 11 is 0. The van der Waals surface area contributed by atoms with Gasteiger partial charge >= 0.3 is 0 Å². The number of carbonyl (C=O) groups is 1. The van der Waals surface area contributed by atoms with Crippen LogP contribution in [0.2, 0.25) is 19.6 Å². The molecule has 14 heavy (non-hydrogen) atoms. The van der Waals surface area contributed by atoms with Crippen molar-refractivity contribution in [2.24, 2.45) is 5.92 Å². The van der Waals surface area contributed by atoms with E-state index in [2.05, 4.69) is 19.6 Å². The molecule has 0 aromatic carbocycles. The summed E-state index contributed by atoms with van der Waals surface area (Å²) in [5.41, 5.74) is 0. The Labute approximate surface area is 88.6 Å². The quantitative estimate of drug-likeness (QED) is 0.500. The van der Waals surface area contributed by atoms with Crippen molar-refractivity contribution in [2.75, 3.05) is 20.6 Å². The van der Waals surface area contributed by atoms with Gasteiger partial charge in [-0.05, 0) is 40.7 Å². The summed E-state index contributed by atoms with van der Waals surface area (Å²) in [4.78, 5) is 12.9. The molecule has 2 atom stereocenters. The lowest BCUT2D eigenvalue weighted by Gasteiger charge is -2.28. The van der Waals surface area contributed by atoms with E-state index in [1.54, 1.807) is 0 Å². The lowest BCUT2D eigenvalue weighted by Crippen LogP contribution is -2.39. The van der Waals surface area contributed by atoms with Crippen LogP contribution < -0.4 is 0 Å². The van der Waals surface area contributed by atoms with Gasteiger partial charge in [-0.2, -0.15) is 0 Å². The molecule has 0 saturated heterocycles. The first kappa shape index (κ1) is 13.8. The molecule has 0 saturated carbocycles. The Balaban J connectivity index is 4.17. The van der Waals surface area contributed by atoms with E-state index in [-0.39, 0.29) is 12.0 Å². The molecule has 0 fully saturated rings. The van der Waals surface area contributed by atoms with Crippen LogP contribution in [0.5, 0.6) is 0 Å². The first-order valence-electron chi connectivity index (χ1n) is 5.04. The summed E-state index contributed by atoms with van der Waals surface area (Å²) in [7, 11) is 2.41. The standard InChI is InChI=1S/C10H23NO2Si/c1-9(13-14(4,5)6)10(8-12)7-11(2)3/h8-10H,7H2,1-6H3. The molecule has 0 amide bonds. The molecule has 0 aliphatic carbocycles. The zero-order valence-corrected chi connectivity index (χ0v) is 11.2. The Bertz CT molecular complexity index is 177. The van der Waals surface area contributed by atoms with E-state index in [0.29, 0.717) is 0 Å². The normalized spacial score (nSPS) is 16.8. The smallest absolute Gasteiger partial charge is 0.184 e. The molecule has 0 heterocycles. The minimum absolute atomic E-state index is 0.0169. The minimum atomic E-state index is -1.53. The number of aldehydes is 1. The van der Waals surface area contributed by atoms with Crippen LogP contribution in [0.3, 0.4) is 0 Å². The molecule has 2 unspecified atom stereocenters. The van der Waals surface area contributed by atoms with Crippen molar-refractivity contribution in [2.45, 2.75) is 32.7 Å². The van der Waals surface area contributed by atoms with Crippen molar-refractivity contribution < 1.29 is 9.22 Å². The van der Waals surface area contributed by atoms with Crippen LogP contribution in [0.4, 0.5) is 0 Å². The number of hydrogen-bond donors (Lipinski definition) is 0. The maximum Gasteiger partial charge on any atom is 0.184 e. The first-order valence-corrected chi connectivity index (χ1v) is 8.45. The lowest BCUT2D eigenvalue weighted by molar-refractivity contribution is -0.114. The summed E-state index contributed by atoms with van der Waals surface area (Å²) < 4.78 is 5.87. The van der Waals surface area contributed by atoms with Crippen LogP contribution in [-0.4, -0.2) is 46.2 Å². The maximum absolute atomic E-state index is 10.9. The molecule has 0 aromatic rings. The largest absolute Gasteiger partial charge is 0.414 e. The third-order valence-corrected chi connectivity index (χ3v) is 2.97. The highest BCUT2D eigenvalue weighted by Crippen LogP contribution is 2.13. The van der Waals surface area contributed by atoms with Gasteiger partial charge < -0.3 is 14.1 Å². The molecule has 0 aliphatic heterocycles. The van der Waals surface area contributed by atoms with Crippen molar-refractivity contribution in [3.8, 4) is 0 Å². The molecule has 0 rings (SSSR count). The van der Waals surface area contributed by atoms with Gasteiger partial charge in [0, 0.05) is 6.54 Å². The van der Waals surface area contributed by atoms with Gasteiger partial charge in [-0.1, -0.05) is 0 Å². The molecular formula is C10H23NO2Si. The van der Waals surface area contributed by atoms with Gasteiger partial charge in [0.15, 0.2) is 8.32 Å². The van der Waals surface area contributed by atoms with Gasteiger partial charge in [-0.25, -0.2) is 0 Å². The minimum Gasteiger partial charge on any atom is -0.414 e. The Morgan fingerprint density at radius 1 is 1.36 bits per heavy atom. The van der Waals surface area contributed by atoms with Crippen LogP contribution >= 0.6 is 0 Å². The van der Waals surface area contributed by atoms with Gasteiger partial charge in [0.25, 0.3) is 0 Å². The average Bonchev–Trinajstić information content (AvgIpc) is 1.96. The fraction of sp³-hybridized carbons (Fsp3) is 0.900. The van der Waals surface area contributed by atoms with Crippen molar-refractivity contribution in [3.05, 3.63) is 0 Å². The predicted molar refractivity (Wildman–Crippen MR) is 62.0 cm³/mol. The maximum atomic E-state index is 10.9. The number of nitrogens with zero attached hydrogens (tertiary/aromatic N) is 1. The molecule has 0 spiro atoms. The van der Waals surface area contributed by atoms with Gasteiger partial charge in [-0.3, -0.25) is 0 Å². The van der Waals surface area contributed by atoms with Gasteiger partial charge in [0.2, 0.25) is 0 Å². The molecule has 0 aliphatic rings. The highest BCUT2D eigenvalue weighted by Gasteiger charge is 2.24. The van der Waals surface area contributed by atoms with Crippen molar-refractivity contribution in [1.82, 2.24) is 4.90 Å². The van der Waals surface area contributed by atoms with Gasteiger partial charge in [0.05, 0.1) is 12.0 Å². The molecule has 0 radical (unpaired) electrons. The van der Waals surface area contributed by atoms with Crippen LogP contribution in [-0.2, 0) is 9.22 Å². The molecule has 0 aromatic heterocycles. The second-order valence-electron chi connectivity index (χ2n) is 5.00. The van der Waals surface area contributed by atoms with Gasteiger partial charge in [-0.15, -0.1) is 0 Å². The number of carbonyl (C=O) groups excluding carboxylic acids is 1. The van der Waals surface area contributed by atoms with Crippen molar-refractivity contribution >= 4 is 14.6 Å². The lowest BCUT2D eigenvalue weighted by atomic mass is 10.1. The van der Waals surface area contributed by atoms with E-state index in [0.717, 1.165) is 12.8 Å². The van der Waals surface area contributed by atoms with Crippen molar-refractivity contribution in [3.63, 3.8) is 0 Å². The van der Waals surface area contributed by atoms with E-state index >= 15 is 0 Å². The number of hydrogen-bond acceptors (Lipinski definition) is 3. The van der Waals surface area contributed by atoms with Crippen molar-refractivity contribution in [1.29, 1.82) is 0 Å². The predicted octanol–water partition coefficient (Wildman–Crippen LogP) is 1.60. The summed E-state index contributed by atoms with van der Waals surface area (Å²) in [6.07, 6.45) is 1.03. The monoisotopic (exact) mass is 217 g/mol. The van der Waals surface area contributed by atoms with E-state index < -0.39 is 8.32 Å². The zero-order chi connectivity index (χ0) is 11.4. The summed E-state index contributed by atoms with van der Waals surface area (Å²) in [5.74, 6) is -0.0169. The van der Waals surface area contributed by atoms with Crippen LogP contribution in [0.1, 0.15) is 6.92 Å². The Morgan fingerprint density at radius 3 is 2.14 bits per heavy atom. The summed E-state index contributed by atoms with van der Waals surface area (Å²) in [6, 6.07) is 0. The SMILES string of the molecule is CC(O[Si](C)(C)C)C(C=O)CN(C)C. The molecular weight excluding hydrogens is 194 g/mol. The molecule has 0 bridgehead atoms. The molecule has 84 valence electrons. The van der Waals surface area contributed by atoms with Crippen LogP contribution in [0.25, 0.3) is 0 Å². The van der Waals surface area contributed by atoms with E-state index in [9.17, 15) is 4.79 Å². The highest BCUT2D eigenvalue weighted by atomic mass is 28.4. The number of rotatable bonds is 6. The van der Waals surface area contributed by atoms with Crippen LogP contribution in [0.15, 0.2) is 0 Å². The summed E-state index contributed by atoms with van der Waals surface area (Å²) in [6.45, 7) is 9.17. The Kier molecular flexibility index (Phi) is 5.55. The van der Waals surface area contributed by atoms with E-state index in [1.807, 2.05) is 25.9 Å². The molecule has 3 nitrogen and oxygen atoms in total. The molecule has 4 heteroatoms.